The van der Waals surface area contributed by atoms with Crippen LogP contribution < -0.4 is 4.72 Å². The van der Waals surface area contributed by atoms with Gasteiger partial charge in [0.1, 0.15) is 6.04 Å². The summed E-state index contributed by atoms with van der Waals surface area (Å²) in [6.07, 6.45) is 3.79. The summed E-state index contributed by atoms with van der Waals surface area (Å²) < 4.78 is 38.8. The second-order valence-electron chi connectivity index (χ2n) is 5.27. The Hall–Kier alpha value is -1.56. The molecule has 0 fully saturated rings. The number of halogens is 1. The molecule has 1 rings (SSSR count). The van der Waals surface area contributed by atoms with Gasteiger partial charge in [-0.15, -0.1) is 0 Å². The molecule has 0 bridgehead atoms. The lowest BCUT2D eigenvalue weighted by molar-refractivity contribution is -0.139. The normalized spacial score (nSPS) is 12.2. The highest BCUT2D eigenvalue weighted by atomic mass is 32.2. The lowest BCUT2D eigenvalue weighted by atomic mass is 10.2. The van der Waals surface area contributed by atoms with Gasteiger partial charge in [0.15, 0.2) is 0 Å². The number of carbonyl (C=O) groups is 1. The van der Waals surface area contributed by atoms with Gasteiger partial charge in [0.05, 0.1) is 11.6 Å². The molecule has 0 saturated carbocycles. The summed E-state index contributed by atoms with van der Waals surface area (Å²) in [5, 5.41) is 9.13. The molecule has 0 aliphatic rings. The molecule has 0 radical (unpaired) electrons. The molecule has 1 aromatic carbocycles. The first-order valence-corrected chi connectivity index (χ1v) is 10.7. The number of thioether (sulfide) groups is 1. The zero-order valence-corrected chi connectivity index (χ0v) is 15.6. The summed E-state index contributed by atoms with van der Waals surface area (Å²) >= 11 is 1.45. The van der Waals surface area contributed by atoms with Crippen molar-refractivity contribution in [2.45, 2.75) is 36.6 Å². The molecule has 25 heavy (non-hydrogen) atoms. The highest BCUT2D eigenvalue weighted by molar-refractivity contribution is 7.98. The Morgan fingerprint density at radius 1 is 1.32 bits per heavy atom. The maximum Gasteiger partial charge on any atom is 0.321 e. The van der Waals surface area contributed by atoms with Gasteiger partial charge in [0.25, 0.3) is 0 Å². The Labute approximate surface area is 152 Å². The number of hydrogen-bond acceptors (Lipinski definition) is 4. The van der Waals surface area contributed by atoms with Gasteiger partial charge in [0.2, 0.25) is 10.0 Å². The predicted molar refractivity (Wildman–Crippen MR) is 97.9 cm³/mol. The van der Waals surface area contributed by atoms with E-state index in [4.69, 9.17) is 5.11 Å². The zero-order chi connectivity index (χ0) is 18.7. The molecule has 0 aliphatic heterocycles. The number of unbranched alkanes of at least 4 members (excludes halogenated alkanes) is 2. The van der Waals surface area contributed by atoms with Crippen LogP contribution in [0.15, 0.2) is 29.2 Å². The van der Waals surface area contributed by atoms with Crippen molar-refractivity contribution in [1.29, 1.82) is 0 Å². The minimum atomic E-state index is -3.91. The summed E-state index contributed by atoms with van der Waals surface area (Å²) in [5.41, 5.74) is 0.649. The monoisotopic (exact) mass is 386 g/mol. The smallest absolute Gasteiger partial charge is 0.321 e. The molecule has 0 aliphatic carbocycles. The SMILES string of the molecule is CSCC[C@@H](NS(=O)(=O)c1ccc(C#CCCCC[18F])cc1)C(=O)O. The lowest BCUT2D eigenvalue weighted by Crippen LogP contribution is -2.41. The van der Waals surface area contributed by atoms with Crippen LogP contribution in [0.5, 0.6) is 0 Å². The highest BCUT2D eigenvalue weighted by Gasteiger charge is 2.24. The third kappa shape index (κ3) is 7.90. The third-order valence-electron chi connectivity index (χ3n) is 3.29. The topological polar surface area (TPSA) is 83.5 Å². The van der Waals surface area contributed by atoms with E-state index >= 15 is 0 Å². The minimum absolute atomic E-state index is 0.00844. The first-order valence-electron chi connectivity index (χ1n) is 7.79. The average molecular weight is 387 g/mol. The van der Waals surface area contributed by atoms with Crippen LogP contribution >= 0.6 is 11.8 Å². The van der Waals surface area contributed by atoms with Crippen LogP contribution in [0.2, 0.25) is 0 Å². The molecule has 0 amide bonds. The van der Waals surface area contributed by atoms with Gasteiger partial charge in [0, 0.05) is 12.0 Å². The van der Waals surface area contributed by atoms with E-state index in [0.717, 1.165) is 0 Å². The summed E-state index contributed by atoms with van der Waals surface area (Å²) in [6.45, 7) is -0.352. The van der Waals surface area contributed by atoms with Crippen LogP contribution in [0.25, 0.3) is 0 Å². The van der Waals surface area contributed by atoms with Crippen LogP contribution in [0.4, 0.5) is 4.39 Å². The Kier molecular flexibility index (Phi) is 9.57. The number of aliphatic carboxylic acids is 1. The minimum Gasteiger partial charge on any atom is -0.480 e. The van der Waals surface area contributed by atoms with E-state index in [2.05, 4.69) is 16.6 Å². The maximum absolute atomic E-state index is 12.3. The highest BCUT2D eigenvalue weighted by Crippen LogP contribution is 2.12. The molecule has 0 unspecified atom stereocenters. The molecule has 1 aromatic rings. The van der Waals surface area contributed by atoms with Crippen molar-refractivity contribution in [3.63, 3.8) is 0 Å². The molecule has 0 heterocycles. The van der Waals surface area contributed by atoms with Gasteiger partial charge in [-0.05, 0) is 55.5 Å². The van der Waals surface area contributed by atoms with Crippen LogP contribution in [0.3, 0.4) is 0 Å². The van der Waals surface area contributed by atoms with Gasteiger partial charge in [-0.1, -0.05) is 11.8 Å². The molecular weight excluding hydrogens is 364 g/mol. The maximum atomic E-state index is 12.3. The number of carboxylic acids is 1. The first-order chi connectivity index (χ1) is 11.9. The molecule has 0 saturated heterocycles. The van der Waals surface area contributed by atoms with E-state index in [-0.39, 0.29) is 18.0 Å². The van der Waals surface area contributed by atoms with Gasteiger partial charge in [-0.25, -0.2) is 8.42 Å². The van der Waals surface area contributed by atoms with Gasteiger partial charge >= 0.3 is 5.97 Å². The molecule has 138 valence electrons. The average Bonchev–Trinajstić information content (AvgIpc) is 2.58. The quantitative estimate of drug-likeness (QED) is 0.477. The molecule has 8 heteroatoms. The van der Waals surface area contributed by atoms with Crippen molar-refractivity contribution in [2.24, 2.45) is 0 Å². The largest absolute Gasteiger partial charge is 0.480 e. The van der Waals surface area contributed by atoms with Gasteiger partial charge in [-0.2, -0.15) is 16.5 Å². The summed E-state index contributed by atoms with van der Waals surface area (Å²) in [6, 6.07) is 4.75. The number of benzene rings is 1. The first kappa shape index (κ1) is 21.5. The van der Waals surface area contributed by atoms with Crippen molar-refractivity contribution < 1.29 is 22.7 Å². The van der Waals surface area contributed by atoms with Gasteiger partial charge in [-0.3, -0.25) is 9.18 Å². The van der Waals surface area contributed by atoms with E-state index in [1.54, 1.807) is 12.1 Å². The molecule has 0 aromatic heterocycles. The van der Waals surface area contributed by atoms with Gasteiger partial charge < -0.3 is 5.11 Å². The Morgan fingerprint density at radius 3 is 2.56 bits per heavy atom. The molecule has 2 N–H and O–H groups in total. The molecule has 5 nitrogen and oxygen atoms in total. The van der Waals surface area contributed by atoms with Crippen LogP contribution in [0, 0.1) is 11.8 Å². The fraction of sp³-hybridized carbons (Fsp3) is 0.471. The van der Waals surface area contributed by atoms with Crippen molar-refractivity contribution >= 4 is 27.8 Å². The van der Waals surface area contributed by atoms with Crippen molar-refractivity contribution in [3.05, 3.63) is 29.8 Å². The summed E-state index contributed by atoms with van der Waals surface area (Å²) in [7, 11) is -3.91. The fourth-order valence-electron chi connectivity index (χ4n) is 1.91. The zero-order valence-electron chi connectivity index (χ0n) is 14.0. The van der Waals surface area contributed by atoms with E-state index < -0.39 is 22.0 Å². The van der Waals surface area contributed by atoms with E-state index in [0.29, 0.717) is 30.6 Å². The van der Waals surface area contributed by atoms with Crippen LogP contribution in [-0.4, -0.2) is 44.2 Å². The van der Waals surface area contributed by atoms with Crippen molar-refractivity contribution in [2.75, 3.05) is 18.7 Å². The number of hydrogen-bond donors (Lipinski definition) is 2. The molecule has 0 spiro atoms. The summed E-state index contributed by atoms with van der Waals surface area (Å²) in [4.78, 5) is 11.2. The third-order valence-corrected chi connectivity index (χ3v) is 5.42. The van der Waals surface area contributed by atoms with Crippen LogP contribution in [-0.2, 0) is 14.8 Å². The molecular formula is C17H22FNO4S2. The summed E-state index contributed by atoms with van der Waals surface area (Å²) in [5.74, 6) is 5.13. The van der Waals surface area contributed by atoms with E-state index in [1.165, 1.54) is 23.9 Å². The number of carboxylic acid groups (broad SMARTS) is 1. The number of rotatable bonds is 10. The van der Waals surface area contributed by atoms with E-state index in [1.807, 2.05) is 6.26 Å². The standard InChI is InChI=1S/C17H22FNO4S2/c1-24-13-11-16(17(20)21)19-25(22,23)15-9-7-14(8-10-15)6-4-2-3-5-12-18/h7-10,16,19H,2-3,5,11-13H2,1H3,(H,20,21)/t16-/m1/s1/i18-1. The Balaban J connectivity index is 2.76. The molecule has 1 atom stereocenters. The second kappa shape index (κ2) is 11.1. The fourth-order valence-corrected chi connectivity index (χ4v) is 3.61. The number of nitrogens with one attached hydrogen (secondary N) is 1. The van der Waals surface area contributed by atoms with E-state index in [9.17, 15) is 17.6 Å². The Morgan fingerprint density at radius 2 is 2.00 bits per heavy atom. The predicted octanol–water partition coefficient (Wildman–Crippen LogP) is 2.66. The van der Waals surface area contributed by atoms with Crippen LogP contribution in [0.1, 0.15) is 31.2 Å². The number of alkyl halides is 1. The van der Waals surface area contributed by atoms with Crippen molar-refractivity contribution in [3.8, 4) is 11.8 Å². The van der Waals surface area contributed by atoms with Crippen molar-refractivity contribution in [1.82, 2.24) is 4.72 Å². The Bertz CT molecular complexity index is 708. The number of sulfonamides is 1. The lowest BCUT2D eigenvalue weighted by Gasteiger charge is -2.14. The second-order valence-corrected chi connectivity index (χ2v) is 7.97.